The minimum absolute atomic E-state index is 0.758. The van der Waals surface area contributed by atoms with Crippen LogP contribution in [0.3, 0.4) is 0 Å². The molecule has 2 rings (SSSR count). The molecular formula is C14H19NOS. The maximum absolute atomic E-state index is 5.75. The summed E-state index contributed by atoms with van der Waals surface area (Å²) in [6.07, 6.45) is 3.71. The molecule has 0 spiro atoms. The number of para-hydroxylation sites is 1. The van der Waals surface area contributed by atoms with Gasteiger partial charge < -0.3 is 4.74 Å². The van der Waals surface area contributed by atoms with E-state index in [2.05, 4.69) is 18.0 Å². The highest BCUT2D eigenvalue weighted by molar-refractivity contribution is 8.13. The molecule has 3 heteroatoms. The summed E-state index contributed by atoms with van der Waals surface area (Å²) in [6.45, 7) is 3.85. The van der Waals surface area contributed by atoms with Gasteiger partial charge in [-0.1, -0.05) is 18.2 Å². The number of hydrogen-bond acceptors (Lipinski definition) is 3. The Labute approximate surface area is 107 Å². The standard InChI is InChI=1S/C14H19NOS/c1-12-6-2-3-7-13(12)16-10-11-17-14-8-4-5-9-15-14/h2-3,6-7H,4-5,8-11H2,1H3. The Balaban J connectivity index is 1.69. The molecule has 0 aliphatic carbocycles. The summed E-state index contributed by atoms with van der Waals surface area (Å²) in [7, 11) is 0. The molecule has 0 bridgehead atoms. The van der Waals surface area contributed by atoms with Gasteiger partial charge in [0.15, 0.2) is 0 Å². The summed E-state index contributed by atoms with van der Waals surface area (Å²) in [5, 5.41) is 1.31. The molecular weight excluding hydrogens is 230 g/mol. The van der Waals surface area contributed by atoms with Crippen molar-refractivity contribution in [3.8, 4) is 5.75 Å². The van der Waals surface area contributed by atoms with Gasteiger partial charge in [0.1, 0.15) is 5.75 Å². The van der Waals surface area contributed by atoms with E-state index < -0.39 is 0 Å². The summed E-state index contributed by atoms with van der Waals surface area (Å²) in [6, 6.07) is 8.15. The predicted molar refractivity (Wildman–Crippen MR) is 75.3 cm³/mol. The molecule has 0 N–H and O–H groups in total. The number of ether oxygens (including phenoxy) is 1. The molecule has 1 aliphatic heterocycles. The Morgan fingerprint density at radius 1 is 1.29 bits per heavy atom. The lowest BCUT2D eigenvalue weighted by Crippen LogP contribution is -2.07. The Morgan fingerprint density at radius 2 is 2.18 bits per heavy atom. The van der Waals surface area contributed by atoms with E-state index in [9.17, 15) is 0 Å². The molecule has 0 fully saturated rings. The molecule has 0 unspecified atom stereocenters. The van der Waals surface area contributed by atoms with Crippen LogP contribution >= 0.6 is 11.8 Å². The van der Waals surface area contributed by atoms with Gasteiger partial charge in [0.05, 0.1) is 11.7 Å². The zero-order chi connectivity index (χ0) is 11.9. The van der Waals surface area contributed by atoms with Crippen LogP contribution in [0.4, 0.5) is 0 Å². The first-order chi connectivity index (χ1) is 8.36. The van der Waals surface area contributed by atoms with Crippen LogP contribution in [-0.4, -0.2) is 23.9 Å². The normalized spacial score (nSPS) is 15.5. The maximum Gasteiger partial charge on any atom is 0.122 e. The average Bonchev–Trinajstić information content (AvgIpc) is 2.38. The molecule has 92 valence electrons. The molecule has 17 heavy (non-hydrogen) atoms. The molecule has 0 aromatic heterocycles. The number of hydrogen-bond donors (Lipinski definition) is 0. The van der Waals surface area contributed by atoms with E-state index in [-0.39, 0.29) is 0 Å². The highest BCUT2D eigenvalue weighted by Gasteiger charge is 2.05. The Kier molecular flexibility index (Phi) is 4.92. The van der Waals surface area contributed by atoms with Gasteiger partial charge in [0.25, 0.3) is 0 Å². The minimum atomic E-state index is 0.758. The summed E-state index contributed by atoms with van der Waals surface area (Å²) in [4.78, 5) is 4.52. The third-order valence-corrected chi connectivity index (χ3v) is 3.83. The predicted octanol–water partition coefficient (Wildman–Crippen LogP) is 3.69. The fraction of sp³-hybridized carbons (Fsp3) is 0.500. The zero-order valence-electron chi connectivity index (χ0n) is 10.3. The number of benzene rings is 1. The third kappa shape index (κ3) is 4.08. The van der Waals surface area contributed by atoms with Crippen molar-refractivity contribution in [2.24, 2.45) is 4.99 Å². The van der Waals surface area contributed by atoms with Gasteiger partial charge in [-0.15, -0.1) is 11.8 Å². The van der Waals surface area contributed by atoms with Gasteiger partial charge >= 0.3 is 0 Å². The summed E-state index contributed by atoms with van der Waals surface area (Å²) < 4.78 is 5.75. The molecule has 1 aromatic carbocycles. The molecule has 0 saturated carbocycles. The van der Waals surface area contributed by atoms with E-state index in [1.165, 1.54) is 23.4 Å². The number of aryl methyl sites for hydroxylation is 1. The SMILES string of the molecule is Cc1ccccc1OCCSC1=NCCCC1. The van der Waals surface area contributed by atoms with E-state index in [0.717, 1.165) is 31.1 Å². The third-order valence-electron chi connectivity index (χ3n) is 2.79. The average molecular weight is 249 g/mol. The quantitative estimate of drug-likeness (QED) is 0.759. The van der Waals surface area contributed by atoms with Crippen LogP contribution in [0.15, 0.2) is 29.3 Å². The lowest BCUT2D eigenvalue weighted by Gasteiger charge is -2.12. The first-order valence-corrected chi connectivity index (χ1v) is 7.19. The monoisotopic (exact) mass is 249 g/mol. The molecule has 1 aromatic rings. The van der Waals surface area contributed by atoms with E-state index >= 15 is 0 Å². The number of nitrogens with zero attached hydrogens (tertiary/aromatic N) is 1. The lowest BCUT2D eigenvalue weighted by atomic mass is 10.2. The Morgan fingerprint density at radius 3 is 2.94 bits per heavy atom. The van der Waals surface area contributed by atoms with Crippen LogP contribution in [-0.2, 0) is 0 Å². The van der Waals surface area contributed by atoms with Crippen molar-refractivity contribution < 1.29 is 4.74 Å². The summed E-state index contributed by atoms with van der Waals surface area (Å²) >= 11 is 1.85. The zero-order valence-corrected chi connectivity index (χ0v) is 11.1. The van der Waals surface area contributed by atoms with Gasteiger partial charge in [-0.25, -0.2) is 0 Å². The van der Waals surface area contributed by atoms with E-state index in [0.29, 0.717) is 0 Å². The molecule has 1 aliphatic rings. The van der Waals surface area contributed by atoms with Crippen molar-refractivity contribution in [2.75, 3.05) is 18.9 Å². The van der Waals surface area contributed by atoms with Gasteiger partial charge in [-0.2, -0.15) is 0 Å². The van der Waals surface area contributed by atoms with Crippen LogP contribution in [0.5, 0.6) is 5.75 Å². The molecule has 2 nitrogen and oxygen atoms in total. The number of aliphatic imine (C=N–C) groups is 1. The fourth-order valence-corrected chi connectivity index (χ4v) is 2.69. The second kappa shape index (κ2) is 6.70. The second-order valence-corrected chi connectivity index (χ2v) is 5.36. The van der Waals surface area contributed by atoms with Crippen LogP contribution in [0, 0.1) is 6.92 Å². The Bertz CT molecular complexity index is 390. The van der Waals surface area contributed by atoms with Crippen molar-refractivity contribution in [3.05, 3.63) is 29.8 Å². The maximum atomic E-state index is 5.75. The molecule has 1 heterocycles. The van der Waals surface area contributed by atoms with Crippen LogP contribution in [0.25, 0.3) is 0 Å². The molecule has 0 radical (unpaired) electrons. The van der Waals surface area contributed by atoms with Gasteiger partial charge in [0.2, 0.25) is 0 Å². The van der Waals surface area contributed by atoms with E-state index in [4.69, 9.17) is 4.74 Å². The summed E-state index contributed by atoms with van der Waals surface area (Å²) in [5.41, 5.74) is 1.20. The highest BCUT2D eigenvalue weighted by atomic mass is 32.2. The van der Waals surface area contributed by atoms with E-state index in [1.807, 2.05) is 30.0 Å². The molecule has 0 saturated heterocycles. The van der Waals surface area contributed by atoms with Gasteiger partial charge in [0, 0.05) is 12.3 Å². The number of rotatable bonds is 4. The van der Waals surface area contributed by atoms with Gasteiger partial charge in [-0.05, 0) is 37.8 Å². The molecule has 0 amide bonds. The fourth-order valence-electron chi connectivity index (χ4n) is 1.82. The minimum Gasteiger partial charge on any atom is -0.492 e. The van der Waals surface area contributed by atoms with Crippen LogP contribution in [0.2, 0.25) is 0 Å². The first kappa shape index (κ1) is 12.5. The number of thioether (sulfide) groups is 1. The van der Waals surface area contributed by atoms with Crippen molar-refractivity contribution in [1.82, 2.24) is 0 Å². The van der Waals surface area contributed by atoms with Crippen molar-refractivity contribution in [3.63, 3.8) is 0 Å². The summed E-state index contributed by atoms with van der Waals surface area (Å²) in [5.74, 6) is 1.99. The van der Waals surface area contributed by atoms with Crippen molar-refractivity contribution >= 4 is 16.8 Å². The highest BCUT2D eigenvalue weighted by Crippen LogP contribution is 2.18. The van der Waals surface area contributed by atoms with Gasteiger partial charge in [-0.3, -0.25) is 4.99 Å². The Hall–Kier alpha value is -0.960. The van der Waals surface area contributed by atoms with E-state index in [1.54, 1.807) is 0 Å². The molecule has 0 atom stereocenters. The van der Waals surface area contributed by atoms with Crippen LogP contribution < -0.4 is 4.74 Å². The lowest BCUT2D eigenvalue weighted by molar-refractivity contribution is 0.342. The van der Waals surface area contributed by atoms with Crippen molar-refractivity contribution in [2.45, 2.75) is 26.2 Å². The first-order valence-electron chi connectivity index (χ1n) is 6.21. The van der Waals surface area contributed by atoms with Crippen molar-refractivity contribution in [1.29, 1.82) is 0 Å². The van der Waals surface area contributed by atoms with Crippen LogP contribution in [0.1, 0.15) is 24.8 Å². The largest absolute Gasteiger partial charge is 0.492 e. The smallest absolute Gasteiger partial charge is 0.122 e. The topological polar surface area (TPSA) is 21.6 Å². The second-order valence-electron chi connectivity index (χ2n) is 4.19.